The first-order valence-corrected chi connectivity index (χ1v) is 10.6. The summed E-state index contributed by atoms with van der Waals surface area (Å²) in [4.78, 5) is 0.293. The molecular formula is C20H26N2O3S. The maximum atomic E-state index is 12.8. The van der Waals surface area contributed by atoms with Gasteiger partial charge in [-0.05, 0) is 64.5 Å². The molecule has 1 aromatic heterocycles. The van der Waals surface area contributed by atoms with Crippen molar-refractivity contribution in [3.05, 3.63) is 46.7 Å². The van der Waals surface area contributed by atoms with E-state index in [0.29, 0.717) is 22.8 Å². The third-order valence-corrected chi connectivity index (χ3v) is 6.62. The SMILES string of the molecule is Cc1ccc(-c2onc(C)c2C)cc1S(=O)(=O)NCCC1=CCCCC1. The topological polar surface area (TPSA) is 72.2 Å². The van der Waals surface area contributed by atoms with Crippen LogP contribution in [-0.4, -0.2) is 20.1 Å². The second kappa shape index (κ2) is 7.76. The first-order valence-electron chi connectivity index (χ1n) is 9.10. The van der Waals surface area contributed by atoms with Crippen molar-refractivity contribution in [1.82, 2.24) is 9.88 Å². The maximum absolute atomic E-state index is 12.8. The molecule has 0 atom stereocenters. The normalized spacial score (nSPS) is 15.1. The zero-order chi connectivity index (χ0) is 18.7. The van der Waals surface area contributed by atoms with Gasteiger partial charge in [0.05, 0.1) is 10.6 Å². The van der Waals surface area contributed by atoms with E-state index in [9.17, 15) is 8.42 Å². The summed E-state index contributed by atoms with van der Waals surface area (Å²) in [6.45, 7) is 6.03. The summed E-state index contributed by atoms with van der Waals surface area (Å²) in [6.07, 6.45) is 7.66. The lowest BCUT2D eigenvalue weighted by atomic mass is 9.97. The Balaban J connectivity index is 1.79. The fourth-order valence-electron chi connectivity index (χ4n) is 3.27. The van der Waals surface area contributed by atoms with Gasteiger partial charge in [-0.15, -0.1) is 0 Å². The minimum atomic E-state index is -3.57. The van der Waals surface area contributed by atoms with Gasteiger partial charge >= 0.3 is 0 Å². The van der Waals surface area contributed by atoms with Crippen LogP contribution in [0.15, 0.2) is 39.3 Å². The van der Waals surface area contributed by atoms with Crippen LogP contribution in [0.5, 0.6) is 0 Å². The van der Waals surface area contributed by atoms with Crippen LogP contribution in [0.25, 0.3) is 11.3 Å². The van der Waals surface area contributed by atoms with Crippen molar-refractivity contribution >= 4 is 10.0 Å². The number of benzene rings is 1. The zero-order valence-corrected chi connectivity index (χ0v) is 16.4. The summed E-state index contributed by atoms with van der Waals surface area (Å²) in [5.74, 6) is 0.617. The van der Waals surface area contributed by atoms with Crippen LogP contribution >= 0.6 is 0 Å². The van der Waals surface area contributed by atoms with Crippen LogP contribution in [-0.2, 0) is 10.0 Å². The predicted molar refractivity (Wildman–Crippen MR) is 103 cm³/mol. The summed E-state index contributed by atoms with van der Waals surface area (Å²) in [7, 11) is -3.57. The molecule has 1 aliphatic rings. The van der Waals surface area contributed by atoms with Crippen molar-refractivity contribution < 1.29 is 12.9 Å². The van der Waals surface area contributed by atoms with Gasteiger partial charge < -0.3 is 4.52 Å². The van der Waals surface area contributed by atoms with Gasteiger partial charge in [0.15, 0.2) is 5.76 Å². The Morgan fingerprint density at radius 3 is 2.65 bits per heavy atom. The lowest BCUT2D eigenvalue weighted by Crippen LogP contribution is -2.26. The van der Waals surface area contributed by atoms with E-state index in [0.717, 1.165) is 36.1 Å². The Morgan fingerprint density at radius 1 is 1.19 bits per heavy atom. The van der Waals surface area contributed by atoms with Crippen LogP contribution in [0, 0.1) is 20.8 Å². The summed E-state index contributed by atoms with van der Waals surface area (Å²) >= 11 is 0. The fraction of sp³-hybridized carbons (Fsp3) is 0.450. The first kappa shape index (κ1) is 18.9. The van der Waals surface area contributed by atoms with Crippen molar-refractivity contribution in [2.45, 2.75) is 57.8 Å². The maximum Gasteiger partial charge on any atom is 0.240 e. The van der Waals surface area contributed by atoms with Gasteiger partial charge in [-0.2, -0.15) is 0 Å². The van der Waals surface area contributed by atoms with E-state index in [4.69, 9.17) is 4.52 Å². The Kier molecular flexibility index (Phi) is 5.63. The number of nitrogens with one attached hydrogen (secondary N) is 1. The molecule has 0 saturated heterocycles. The van der Waals surface area contributed by atoms with E-state index in [1.54, 1.807) is 13.0 Å². The van der Waals surface area contributed by atoms with Gasteiger partial charge in [-0.3, -0.25) is 0 Å². The largest absolute Gasteiger partial charge is 0.356 e. The second-order valence-corrected chi connectivity index (χ2v) is 8.69. The molecule has 0 fully saturated rings. The number of nitrogens with zero attached hydrogens (tertiary/aromatic N) is 1. The van der Waals surface area contributed by atoms with Crippen molar-refractivity contribution in [3.8, 4) is 11.3 Å². The third kappa shape index (κ3) is 4.07. The number of allylic oxidation sites excluding steroid dienone is 1. The molecule has 1 aliphatic carbocycles. The summed E-state index contributed by atoms with van der Waals surface area (Å²) < 4.78 is 33.7. The summed E-state index contributed by atoms with van der Waals surface area (Å²) in [5.41, 5.74) is 4.53. The molecule has 0 spiro atoms. The summed E-state index contributed by atoms with van der Waals surface area (Å²) in [6, 6.07) is 5.35. The van der Waals surface area contributed by atoms with Gasteiger partial charge in [-0.25, -0.2) is 13.1 Å². The molecule has 0 aliphatic heterocycles. The molecule has 3 rings (SSSR count). The Morgan fingerprint density at radius 2 is 2.00 bits per heavy atom. The van der Waals surface area contributed by atoms with Gasteiger partial charge in [0, 0.05) is 17.7 Å². The Bertz CT molecular complexity index is 927. The van der Waals surface area contributed by atoms with E-state index >= 15 is 0 Å². The number of rotatable bonds is 6. The Hall–Kier alpha value is -1.92. The predicted octanol–water partition coefficient (Wildman–Crippen LogP) is 4.44. The highest BCUT2D eigenvalue weighted by atomic mass is 32.2. The third-order valence-electron chi connectivity index (χ3n) is 5.02. The number of hydrogen-bond donors (Lipinski definition) is 1. The minimum Gasteiger partial charge on any atom is -0.356 e. The van der Waals surface area contributed by atoms with Gasteiger partial charge in [-0.1, -0.05) is 28.9 Å². The highest BCUT2D eigenvalue weighted by molar-refractivity contribution is 7.89. The average molecular weight is 375 g/mol. The van der Waals surface area contributed by atoms with E-state index in [2.05, 4.69) is 16.0 Å². The molecule has 140 valence electrons. The van der Waals surface area contributed by atoms with E-state index in [-0.39, 0.29) is 0 Å². The molecule has 0 amide bonds. The lowest BCUT2D eigenvalue weighted by molar-refractivity contribution is 0.426. The second-order valence-electron chi connectivity index (χ2n) is 6.96. The quantitative estimate of drug-likeness (QED) is 0.759. The fourth-order valence-corrected chi connectivity index (χ4v) is 4.57. The van der Waals surface area contributed by atoms with Crippen molar-refractivity contribution in [1.29, 1.82) is 0 Å². The molecule has 6 heteroatoms. The van der Waals surface area contributed by atoms with Crippen LogP contribution < -0.4 is 4.72 Å². The van der Waals surface area contributed by atoms with Crippen LogP contribution in [0.1, 0.15) is 48.9 Å². The molecule has 0 unspecified atom stereocenters. The number of hydrogen-bond acceptors (Lipinski definition) is 4. The first-order chi connectivity index (χ1) is 12.4. The highest BCUT2D eigenvalue weighted by Crippen LogP contribution is 2.29. The average Bonchev–Trinajstić information content (AvgIpc) is 2.95. The molecule has 26 heavy (non-hydrogen) atoms. The van der Waals surface area contributed by atoms with E-state index in [1.807, 2.05) is 26.0 Å². The van der Waals surface area contributed by atoms with E-state index in [1.165, 1.54) is 18.4 Å². The smallest absolute Gasteiger partial charge is 0.240 e. The van der Waals surface area contributed by atoms with Crippen molar-refractivity contribution in [2.24, 2.45) is 0 Å². The van der Waals surface area contributed by atoms with Crippen LogP contribution in [0.2, 0.25) is 0 Å². The molecular weight excluding hydrogens is 348 g/mol. The molecule has 0 saturated carbocycles. The number of aromatic nitrogens is 1. The lowest BCUT2D eigenvalue weighted by Gasteiger charge is -2.14. The molecule has 2 aromatic rings. The number of aryl methyl sites for hydroxylation is 2. The molecule has 5 nitrogen and oxygen atoms in total. The molecule has 0 bridgehead atoms. The molecule has 0 radical (unpaired) electrons. The molecule has 1 heterocycles. The van der Waals surface area contributed by atoms with Crippen molar-refractivity contribution in [2.75, 3.05) is 6.54 Å². The minimum absolute atomic E-state index is 0.293. The molecule has 1 aromatic carbocycles. The molecule has 1 N–H and O–H groups in total. The van der Waals surface area contributed by atoms with E-state index < -0.39 is 10.0 Å². The van der Waals surface area contributed by atoms with Crippen LogP contribution in [0.4, 0.5) is 0 Å². The highest BCUT2D eigenvalue weighted by Gasteiger charge is 2.20. The Labute approximate surface area is 155 Å². The standard InChI is InChI=1S/C20H26N2O3S/c1-14-9-10-18(20-15(2)16(3)22-25-20)13-19(14)26(23,24)21-12-11-17-7-5-4-6-8-17/h7,9-10,13,21H,4-6,8,11-12H2,1-3H3. The van der Waals surface area contributed by atoms with Gasteiger partial charge in [0.1, 0.15) is 0 Å². The van der Waals surface area contributed by atoms with Crippen LogP contribution in [0.3, 0.4) is 0 Å². The monoisotopic (exact) mass is 374 g/mol. The van der Waals surface area contributed by atoms with Crippen molar-refractivity contribution in [3.63, 3.8) is 0 Å². The summed E-state index contributed by atoms with van der Waals surface area (Å²) in [5, 5.41) is 3.96. The number of sulfonamides is 1. The van der Waals surface area contributed by atoms with Gasteiger partial charge in [0.25, 0.3) is 0 Å². The van der Waals surface area contributed by atoms with Gasteiger partial charge in [0.2, 0.25) is 10.0 Å². The zero-order valence-electron chi connectivity index (χ0n) is 15.6.